The number of fused-ring (bicyclic) bond motifs is 1. The van der Waals surface area contributed by atoms with Gasteiger partial charge in [-0.2, -0.15) is 0 Å². The molecular formula is C15H17NO4S. The Bertz CT molecular complexity index is 765. The lowest BCUT2D eigenvalue weighted by Crippen LogP contribution is -2.33. The zero-order valence-corrected chi connectivity index (χ0v) is 12.7. The van der Waals surface area contributed by atoms with Gasteiger partial charge in [0.05, 0.1) is 10.8 Å². The molecule has 2 aromatic rings. The standard InChI is InChI=1S/C15H17NO4S/c1-11(15(17)18)10-16(2)21(19,20)14-9-5-7-12-6-3-4-8-13(12)14/h3-9,11H,10H2,1-2H3,(H,17,18). The first-order valence-corrected chi connectivity index (χ1v) is 7.95. The molecule has 0 fully saturated rings. The highest BCUT2D eigenvalue weighted by Gasteiger charge is 2.26. The molecule has 2 aromatic carbocycles. The van der Waals surface area contributed by atoms with Gasteiger partial charge in [-0.1, -0.05) is 43.3 Å². The molecule has 0 saturated carbocycles. The highest BCUT2D eigenvalue weighted by atomic mass is 32.2. The predicted molar refractivity (Wildman–Crippen MR) is 80.6 cm³/mol. The molecule has 5 nitrogen and oxygen atoms in total. The van der Waals surface area contributed by atoms with Gasteiger partial charge in [-0.05, 0) is 11.5 Å². The van der Waals surface area contributed by atoms with Crippen LogP contribution in [0.15, 0.2) is 47.4 Å². The molecule has 0 aromatic heterocycles. The van der Waals surface area contributed by atoms with Crippen molar-refractivity contribution in [1.82, 2.24) is 4.31 Å². The zero-order chi connectivity index (χ0) is 15.6. The molecule has 112 valence electrons. The van der Waals surface area contributed by atoms with Gasteiger partial charge in [0.25, 0.3) is 0 Å². The first kappa shape index (κ1) is 15.5. The first-order chi connectivity index (χ1) is 9.84. The maximum absolute atomic E-state index is 12.6. The number of rotatable bonds is 5. The van der Waals surface area contributed by atoms with E-state index in [-0.39, 0.29) is 11.4 Å². The van der Waals surface area contributed by atoms with E-state index in [1.807, 2.05) is 18.2 Å². The number of aliphatic carboxylic acids is 1. The minimum Gasteiger partial charge on any atom is -0.481 e. The van der Waals surface area contributed by atoms with E-state index in [4.69, 9.17) is 5.11 Å². The number of hydrogen-bond acceptors (Lipinski definition) is 3. The SMILES string of the molecule is CC(CN(C)S(=O)(=O)c1cccc2ccccc12)C(=O)O. The molecule has 0 spiro atoms. The molecule has 1 unspecified atom stereocenters. The second-order valence-electron chi connectivity index (χ2n) is 5.00. The van der Waals surface area contributed by atoms with Crippen LogP contribution in [0.5, 0.6) is 0 Å². The van der Waals surface area contributed by atoms with Crippen molar-refractivity contribution in [3.05, 3.63) is 42.5 Å². The summed E-state index contributed by atoms with van der Waals surface area (Å²) >= 11 is 0. The van der Waals surface area contributed by atoms with Crippen LogP contribution in [0.4, 0.5) is 0 Å². The monoisotopic (exact) mass is 307 g/mol. The average Bonchev–Trinajstić information content (AvgIpc) is 2.46. The summed E-state index contributed by atoms with van der Waals surface area (Å²) in [5, 5.41) is 10.4. The predicted octanol–water partition coefficient (Wildman–Crippen LogP) is 2.18. The van der Waals surface area contributed by atoms with Crippen LogP contribution in [0, 0.1) is 5.92 Å². The van der Waals surface area contributed by atoms with Crippen LogP contribution >= 0.6 is 0 Å². The Morgan fingerprint density at radius 1 is 1.19 bits per heavy atom. The fourth-order valence-corrected chi connectivity index (χ4v) is 3.62. The summed E-state index contributed by atoms with van der Waals surface area (Å²) in [5.74, 6) is -1.78. The van der Waals surface area contributed by atoms with E-state index in [1.165, 1.54) is 14.0 Å². The first-order valence-electron chi connectivity index (χ1n) is 6.51. The Labute approximate surface area is 123 Å². The minimum atomic E-state index is -3.72. The Kier molecular flexibility index (Phi) is 4.29. The molecule has 6 heteroatoms. The summed E-state index contributed by atoms with van der Waals surface area (Å²) in [6, 6.07) is 12.3. The number of benzene rings is 2. The van der Waals surface area contributed by atoms with Crippen molar-refractivity contribution in [3.8, 4) is 0 Å². The lowest BCUT2D eigenvalue weighted by atomic mass is 10.1. The van der Waals surface area contributed by atoms with Crippen molar-refractivity contribution < 1.29 is 18.3 Å². The highest BCUT2D eigenvalue weighted by Crippen LogP contribution is 2.25. The zero-order valence-electron chi connectivity index (χ0n) is 11.9. The van der Waals surface area contributed by atoms with Crippen LogP contribution in [0.25, 0.3) is 10.8 Å². The van der Waals surface area contributed by atoms with Crippen LogP contribution in [-0.2, 0) is 14.8 Å². The van der Waals surface area contributed by atoms with Crippen molar-refractivity contribution in [2.75, 3.05) is 13.6 Å². The third-order valence-electron chi connectivity index (χ3n) is 3.39. The summed E-state index contributed by atoms with van der Waals surface area (Å²) < 4.78 is 26.4. The Morgan fingerprint density at radius 2 is 1.81 bits per heavy atom. The minimum absolute atomic E-state index is 0.0686. The van der Waals surface area contributed by atoms with E-state index >= 15 is 0 Å². The number of carboxylic acid groups (broad SMARTS) is 1. The topological polar surface area (TPSA) is 74.7 Å². The van der Waals surface area contributed by atoms with Crippen molar-refractivity contribution in [3.63, 3.8) is 0 Å². The molecule has 0 amide bonds. The number of sulfonamides is 1. The van der Waals surface area contributed by atoms with E-state index in [1.54, 1.807) is 24.3 Å². The Balaban J connectivity index is 2.45. The van der Waals surface area contributed by atoms with Gasteiger partial charge in [0.1, 0.15) is 0 Å². The summed E-state index contributed by atoms with van der Waals surface area (Å²) in [4.78, 5) is 11.1. The van der Waals surface area contributed by atoms with Crippen molar-refractivity contribution in [1.29, 1.82) is 0 Å². The van der Waals surface area contributed by atoms with E-state index in [2.05, 4.69) is 0 Å². The average molecular weight is 307 g/mol. The smallest absolute Gasteiger partial charge is 0.307 e. The van der Waals surface area contributed by atoms with Crippen LogP contribution in [0.3, 0.4) is 0 Å². The largest absolute Gasteiger partial charge is 0.481 e. The number of carbonyl (C=O) groups is 1. The maximum Gasteiger partial charge on any atom is 0.307 e. The lowest BCUT2D eigenvalue weighted by molar-refractivity contribution is -0.141. The van der Waals surface area contributed by atoms with Gasteiger partial charge >= 0.3 is 5.97 Å². The van der Waals surface area contributed by atoms with E-state index in [9.17, 15) is 13.2 Å². The molecule has 2 rings (SSSR count). The van der Waals surface area contributed by atoms with Crippen LogP contribution in [0.1, 0.15) is 6.92 Å². The van der Waals surface area contributed by atoms with Gasteiger partial charge in [0.15, 0.2) is 0 Å². The van der Waals surface area contributed by atoms with Crippen LogP contribution in [0.2, 0.25) is 0 Å². The molecule has 0 bridgehead atoms. The molecule has 1 atom stereocenters. The van der Waals surface area contributed by atoms with Crippen molar-refractivity contribution >= 4 is 26.8 Å². The highest BCUT2D eigenvalue weighted by molar-refractivity contribution is 7.89. The van der Waals surface area contributed by atoms with E-state index in [0.717, 1.165) is 9.69 Å². The number of nitrogens with zero attached hydrogens (tertiary/aromatic N) is 1. The molecule has 0 aliphatic rings. The van der Waals surface area contributed by atoms with Crippen LogP contribution < -0.4 is 0 Å². The van der Waals surface area contributed by atoms with Gasteiger partial charge in [0, 0.05) is 19.0 Å². The summed E-state index contributed by atoms with van der Waals surface area (Å²) in [6.07, 6.45) is 0. The third-order valence-corrected chi connectivity index (χ3v) is 5.27. The lowest BCUT2D eigenvalue weighted by Gasteiger charge is -2.20. The molecule has 0 saturated heterocycles. The van der Waals surface area contributed by atoms with Gasteiger partial charge in [-0.3, -0.25) is 4.79 Å². The van der Waals surface area contributed by atoms with E-state index in [0.29, 0.717) is 5.39 Å². The maximum atomic E-state index is 12.6. The number of carboxylic acids is 1. The fraction of sp³-hybridized carbons (Fsp3) is 0.267. The second-order valence-corrected chi connectivity index (χ2v) is 7.02. The van der Waals surface area contributed by atoms with E-state index < -0.39 is 21.9 Å². The Morgan fingerprint density at radius 3 is 2.48 bits per heavy atom. The molecule has 21 heavy (non-hydrogen) atoms. The summed E-state index contributed by atoms with van der Waals surface area (Å²) in [5.41, 5.74) is 0. The van der Waals surface area contributed by atoms with Gasteiger partial charge < -0.3 is 5.11 Å². The van der Waals surface area contributed by atoms with Crippen molar-refractivity contribution in [2.45, 2.75) is 11.8 Å². The quantitative estimate of drug-likeness (QED) is 0.918. The van der Waals surface area contributed by atoms with Gasteiger partial charge in [0.2, 0.25) is 10.0 Å². The normalized spacial score (nSPS) is 13.5. The number of hydrogen-bond donors (Lipinski definition) is 1. The molecular weight excluding hydrogens is 290 g/mol. The summed E-state index contributed by atoms with van der Waals surface area (Å²) in [7, 11) is -2.32. The molecule has 1 N–H and O–H groups in total. The van der Waals surface area contributed by atoms with Crippen LogP contribution in [-0.4, -0.2) is 37.4 Å². The Hall–Kier alpha value is -1.92. The second kappa shape index (κ2) is 5.83. The van der Waals surface area contributed by atoms with Crippen molar-refractivity contribution in [2.24, 2.45) is 5.92 Å². The molecule has 0 aliphatic carbocycles. The summed E-state index contributed by atoms with van der Waals surface area (Å²) in [6.45, 7) is 1.42. The fourth-order valence-electron chi connectivity index (χ4n) is 2.15. The third kappa shape index (κ3) is 3.06. The van der Waals surface area contributed by atoms with Gasteiger partial charge in [-0.15, -0.1) is 0 Å². The van der Waals surface area contributed by atoms with Gasteiger partial charge in [-0.25, -0.2) is 12.7 Å². The molecule has 0 heterocycles. The molecule has 0 radical (unpaired) electrons. The molecule has 0 aliphatic heterocycles.